The van der Waals surface area contributed by atoms with E-state index in [1.807, 2.05) is 60.7 Å². The van der Waals surface area contributed by atoms with Crippen LogP contribution in [0.1, 0.15) is 10.5 Å². The van der Waals surface area contributed by atoms with Crippen LogP contribution in [0.2, 0.25) is 5.02 Å². The highest BCUT2D eigenvalue weighted by Crippen LogP contribution is 2.26. The molecular weight excluding hydrogens is 350 g/mol. The van der Waals surface area contributed by atoms with E-state index >= 15 is 0 Å². The second-order valence-electron chi connectivity index (χ2n) is 6.08. The summed E-state index contributed by atoms with van der Waals surface area (Å²) in [7, 11) is 0. The van der Waals surface area contributed by atoms with Gasteiger partial charge in [0.25, 0.3) is 5.91 Å². The molecule has 0 radical (unpaired) electrons. The Labute approximate surface area is 156 Å². The molecule has 1 saturated heterocycles. The minimum absolute atomic E-state index is 0.0775. The largest absolute Gasteiger partial charge is 0.378 e. The number of hydrogen-bond donors (Lipinski definition) is 0. The number of amides is 1. The van der Waals surface area contributed by atoms with Crippen molar-refractivity contribution in [1.82, 2.24) is 14.7 Å². The van der Waals surface area contributed by atoms with Crippen molar-refractivity contribution >= 4 is 17.5 Å². The molecule has 0 saturated carbocycles. The topological polar surface area (TPSA) is 47.4 Å². The summed E-state index contributed by atoms with van der Waals surface area (Å²) in [6, 6.07) is 19.2. The van der Waals surface area contributed by atoms with Gasteiger partial charge < -0.3 is 9.64 Å². The van der Waals surface area contributed by atoms with Gasteiger partial charge in [-0.3, -0.25) is 4.79 Å². The molecule has 26 heavy (non-hydrogen) atoms. The second kappa shape index (κ2) is 7.32. The molecule has 4 rings (SSSR count). The fourth-order valence-electron chi connectivity index (χ4n) is 3.03. The van der Waals surface area contributed by atoms with E-state index in [0.717, 1.165) is 16.9 Å². The maximum absolute atomic E-state index is 12.9. The zero-order valence-electron chi connectivity index (χ0n) is 14.1. The van der Waals surface area contributed by atoms with E-state index in [1.165, 1.54) is 0 Å². The number of benzene rings is 2. The molecule has 0 spiro atoms. The van der Waals surface area contributed by atoms with E-state index in [1.54, 1.807) is 9.58 Å². The van der Waals surface area contributed by atoms with Crippen LogP contribution in [-0.4, -0.2) is 46.9 Å². The van der Waals surface area contributed by atoms with Crippen LogP contribution in [0, 0.1) is 0 Å². The van der Waals surface area contributed by atoms with Crippen LogP contribution >= 0.6 is 11.6 Å². The third-order valence-electron chi connectivity index (χ3n) is 4.35. The molecule has 0 atom stereocenters. The van der Waals surface area contributed by atoms with Gasteiger partial charge in [0.05, 0.1) is 24.6 Å². The standard InChI is InChI=1S/C20H18ClN3O2/c21-16-7-4-8-17(13-16)24-19(15-5-2-1-3-6-15)14-18(22-24)20(25)23-9-11-26-12-10-23/h1-8,13-14H,9-12H2. The third-order valence-corrected chi connectivity index (χ3v) is 4.58. The van der Waals surface area contributed by atoms with E-state index in [-0.39, 0.29) is 5.91 Å². The number of halogens is 1. The normalized spacial score (nSPS) is 14.4. The number of morpholine rings is 1. The number of aromatic nitrogens is 2. The molecule has 1 amide bonds. The smallest absolute Gasteiger partial charge is 0.274 e. The molecule has 3 aromatic rings. The summed E-state index contributed by atoms with van der Waals surface area (Å²) in [5, 5.41) is 5.22. The van der Waals surface area contributed by atoms with Crippen LogP contribution in [0.15, 0.2) is 60.7 Å². The van der Waals surface area contributed by atoms with Crippen molar-refractivity contribution in [2.75, 3.05) is 26.3 Å². The lowest BCUT2D eigenvalue weighted by Gasteiger charge is -2.25. The minimum atomic E-state index is -0.0775. The molecule has 132 valence electrons. The SMILES string of the molecule is O=C(c1cc(-c2ccccc2)n(-c2cccc(Cl)c2)n1)N1CCOCC1. The van der Waals surface area contributed by atoms with Gasteiger partial charge in [-0.1, -0.05) is 48.0 Å². The van der Waals surface area contributed by atoms with E-state index in [9.17, 15) is 4.79 Å². The zero-order valence-corrected chi connectivity index (χ0v) is 14.9. The Morgan fingerprint density at radius 1 is 1.00 bits per heavy atom. The number of hydrogen-bond acceptors (Lipinski definition) is 3. The van der Waals surface area contributed by atoms with Crippen molar-refractivity contribution in [3.63, 3.8) is 0 Å². The van der Waals surface area contributed by atoms with Gasteiger partial charge in [0, 0.05) is 23.7 Å². The third kappa shape index (κ3) is 3.36. The molecule has 5 nitrogen and oxygen atoms in total. The van der Waals surface area contributed by atoms with Gasteiger partial charge in [-0.05, 0) is 24.3 Å². The lowest BCUT2D eigenvalue weighted by atomic mass is 10.1. The summed E-state index contributed by atoms with van der Waals surface area (Å²) < 4.78 is 7.11. The first-order valence-electron chi connectivity index (χ1n) is 8.51. The average Bonchev–Trinajstić information content (AvgIpc) is 3.14. The first-order valence-corrected chi connectivity index (χ1v) is 8.88. The van der Waals surface area contributed by atoms with Gasteiger partial charge in [-0.25, -0.2) is 4.68 Å². The molecule has 0 unspecified atom stereocenters. The maximum atomic E-state index is 12.9. The number of ether oxygens (including phenoxy) is 1. The molecule has 0 aliphatic carbocycles. The molecule has 6 heteroatoms. The minimum Gasteiger partial charge on any atom is -0.378 e. The predicted molar refractivity (Wildman–Crippen MR) is 101 cm³/mol. The zero-order chi connectivity index (χ0) is 17.9. The van der Waals surface area contributed by atoms with Crippen molar-refractivity contribution in [3.05, 3.63) is 71.4 Å². The van der Waals surface area contributed by atoms with Crippen molar-refractivity contribution < 1.29 is 9.53 Å². The molecule has 0 N–H and O–H groups in total. The fourth-order valence-corrected chi connectivity index (χ4v) is 3.22. The summed E-state index contributed by atoms with van der Waals surface area (Å²) in [4.78, 5) is 14.6. The summed E-state index contributed by atoms with van der Waals surface area (Å²) >= 11 is 6.15. The molecule has 1 fully saturated rings. The molecule has 1 aliphatic rings. The number of rotatable bonds is 3. The fraction of sp³-hybridized carbons (Fsp3) is 0.200. The highest BCUT2D eigenvalue weighted by atomic mass is 35.5. The average molecular weight is 368 g/mol. The van der Waals surface area contributed by atoms with Crippen molar-refractivity contribution in [2.45, 2.75) is 0 Å². The van der Waals surface area contributed by atoms with Crippen molar-refractivity contribution in [1.29, 1.82) is 0 Å². The highest BCUT2D eigenvalue weighted by molar-refractivity contribution is 6.30. The monoisotopic (exact) mass is 367 g/mol. The van der Waals surface area contributed by atoms with E-state index in [0.29, 0.717) is 37.0 Å². The van der Waals surface area contributed by atoms with Crippen LogP contribution in [0.25, 0.3) is 16.9 Å². The Balaban J connectivity index is 1.79. The van der Waals surface area contributed by atoms with Gasteiger partial charge in [0.2, 0.25) is 0 Å². The van der Waals surface area contributed by atoms with Crippen molar-refractivity contribution in [3.8, 4) is 16.9 Å². The summed E-state index contributed by atoms with van der Waals surface area (Å²) in [5.41, 5.74) is 3.08. The molecule has 2 aromatic carbocycles. The summed E-state index contributed by atoms with van der Waals surface area (Å²) in [6.07, 6.45) is 0. The van der Waals surface area contributed by atoms with Crippen LogP contribution < -0.4 is 0 Å². The quantitative estimate of drug-likeness (QED) is 0.709. The van der Waals surface area contributed by atoms with E-state index < -0.39 is 0 Å². The molecule has 0 bridgehead atoms. The van der Waals surface area contributed by atoms with Gasteiger partial charge in [0.1, 0.15) is 0 Å². The van der Waals surface area contributed by atoms with Crippen molar-refractivity contribution in [2.24, 2.45) is 0 Å². The Bertz CT molecular complexity index is 918. The summed E-state index contributed by atoms with van der Waals surface area (Å²) in [6.45, 7) is 2.30. The number of nitrogens with zero attached hydrogens (tertiary/aromatic N) is 3. The van der Waals surface area contributed by atoms with Gasteiger partial charge >= 0.3 is 0 Å². The second-order valence-corrected chi connectivity index (χ2v) is 6.51. The Hall–Kier alpha value is -2.63. The number of carbonyl (C=O) groups is 1. The van der Waals surface area contributed by atoms with E-state index in [4.69, 9.17) is 16.3 Å². The Morgan fingerprint density at radius 3 is 2.50 bits per heavy atom. The van der Waals surface area contributed by atoms with Gasteiger partial charge in [-0.2, -0.15) is 5.10 Å². The number of carbonyl (C=O) groups excluding carboxylic acids is 1. The first-order chi connectivity index (χ1) is 12.7. The van der Waals surface area contributed by atoms with E-state index in [2.05, 4.69) is 5.10 Å². The maximum Gasteiger partial charge on any atom is 0.274 e. The molecule has 1 aromatic heterocycles. The molecular formula is C20H18ClN3O2. The predicted octanol–water partition coefficient (Wildman–Crippen LogP) is 3.67. The van der Waals surface area contributed by atoms with Gasteiger partial charge in [0.15, 0.2) is 5.69 Å². The van der Waals surface area contributed by atoms with Crippen LogP contribution in [0.3, 0.4) is 0 Å². The highest BCUT2D eigenvalue weighted by Gasteiger charge is 2.23. The van der Waals surface area contributed by atoms with Crippen LogP contribution in [-0.2, 0) is 4.74 Å². The lowest BCUT2D eigenvalue weighted by Crippen LogP contribution is -2.40. The Kier molecular flexibility index (Phi) is 4.73. The van der Waals surface area contributed by atoms with Gasteiger partial charge in [-0.15, -0.1) is 0 Å². The molecule has 2 heterocycles. The van der Waals surface area contributed by atoms with Crippen LogP contribution in [0.4, 0.5) is 0 Å². The Morgan fingerprint density at radius 2 is 1.77 bits per heavy atom. The summed E-state index contributed by atoms with van der Waals surface area (Å²) in [5.74, 6) is -0.0775. The molecule has 1 aliphatic heterocycles. The first kappa shape index (κ1) is 16.8. The van der Waals surface area contributed by atoms with Crippen LogP contribution in [0.5, 0.6) is 0 Å². The lowest BCUT2D eigenvalue weighted by molar-refractivity contribution is 0.0298.